The molecule has 0 aliphatic heterocycles. The molecule has 32 heteroatoms. The molecule has 576 valence electrons. The van der Waals surface area contributed by atoms with Gasteiger partial charge in [0.25, 0.3) is 0 Å². The Labute approximate surface area is 612 Å². The summed E-state index contributed by atoms with van der Waals surface area (Å²) >= 11 is 0. The summed E-state index contributed by atoms with van der Waals surface area (Å²) in [6.07, 6.45) is 57.0. The van der Waals surface area contributed by atoms with Gasteiger partial charge in [0.15, 0.2) is 98.4 Å². The van der Waals surface area contributed by atoms with E-state index in [1.54, 1.807) is 0 Å². The van der Waals surface area contributed by atoms with E-state index < -0.39 is 29.6 Å². The maximum Gasteiger partial charge on any atom is 0.223 e. The lowest BCUT2D eigenvalue weighted by Crippen LogP contribution is -2.39. The van der Waals surface area contributed by atoms with E-state index >= 15 is 0 Å². The average molecular weight is 1460 g/mol. The van der Waals surface area contributed by atoms with Crippen LogP contribution in [-0.2, 0) is 155 Å². The Morgan fingerprint density at radius 1 is 0.212 bits per heavy atom. The highest BCUT2D eigenvalue weighted by Crippen LogP contribution is 2.25. The van der Waals surface area contributed by atoms with Gasteiger partial charge in [0.05, 0.1) is 44.5 Å². The molecule has 0 saturated heterocycles. The molecule has 0 aromatic carbocycles. The minimum absolute atomic E-state index is 0.951. The van der Waals surface area contributed by atoms with E-state index in [4.69, 9.17) is 76.4 Å². The quantitative estimate of drug-likeness (QED) is 0.120. The summed E-state index contributed by atoms with van der Waals surface area (Å²) in [6, 6.07) is 0. The summed E-state index contributed by atoms with van der Waals surface area (Å²) in [7, 11) is -12.7. The lowest BCUT2D eigenvalue weighted by molar-refractivity contribution is -0.862. The van der Waals surface area contributed by atoms with Crippen molar-refractivity contribution in [2.24, 2.45) is 0 Å². The largest absolute Gasteiger partial charge is 0.867 e. The Bertz CT molecular complexity index is 2730. The SMILES string of the molecule is CC[n+]1cc2c(o1)CCCC2.CC[n+]1cc2c(o1)CCCC2.CC[n+]1cc2c(o1)CCCC2.CC[n+]1cc2c(o1)CCCC2.CC[n+]1cc2c(o1)CCCC2.CC[n+]1cc2c(o1)CCCC2.CC[n+]1cc2c(o1)CCCC2.CC[n+]1cc2c(o1)CCCC2.[O-]B([O-])F.[O-]B([O-])F.[O-]B([O-])F.[O-]B([O-])F. The molecule has 0 unspecified atom stereocenters. The predicted molar refractivity (Wildman–Crippen MR) is 357 cm³/mol. The first kappa shape index (κ1) is 88.0. The predicted octanol–water partition coefficient (Wildman–Crippen LogP) is 2.37. The molecule has 8 aliphatic carbocycles. The molecule has 0 amide bonds. The lowest BCUT2D eigenvalue weighted by atomic mass is 9.99. The number of nitrogens with zero attached hydrogens (tertiary/aromatic N) is 8. The molecule has 8 aromatic heterocycles. The molecule has 0 atom stereocenters. The van der Waals surface area contributed by atoms with Crippen LogP contribution in [0.4, 0.5) is 17.3 Å². The minimum atomic E-state index is -3.17. The van der Waals surface area contributed by atoms with Crippen molar-refractivity contribution in [3.05, 3.63) is 140 Å². The molecule has 8 aromatic rings. The molecule has 0 N–H and O–H groups in total. The van der Waals surface area contributed by atoms with Gasteiger partial charge in [0.1, 0.15) is 29.6 Å². The van der Waals surface area contributed by atoms with Crippen LogP contribution in [-0.4, -0.2) is 29.6 Å². The van der Waals surface area contributed by atoms with Gasteiger partial charge in [0.2, 0.25) is 49.6 Å². The second-order valence-corrected chi connectivity index (χ2v) is 26.0. The van der Waals surface area contributed by atoms with E-state index in [-0.39, 0.29) is 0 Å². The van der Waals surface area contributed by atoms with Crippen LogP contribution in [0, 0.1) is 0 Å². The van der Waals surface area contributed by atoms with Crippen LogP contribution >= 0.6 is 0 Å². The van der Waals surface area contributed by atoms with Crippen LogP contribution in [0.5, 0.6) is 0 Å². The Morgan fingerprint density at radius 2 is 0.298 bits per heavy atom. The van der Waals surface area contributed by atoms with Crippen LogP contribution in [0.25, 0.3) is 0 Å². The van der Waals surface area contributed by atoms with E-state index in [0.29, 0.717) is 0 Å². The number of fused-ring (bicyclic) bond motifs is 8. The number of aryl methyl sites for hydroxylation is 24. The number of aromatic nitrogens is 8. The molecule has 24 nitrogen and oxygen atoms in total. The fraction of sp³-hybridized carbons (Fsp3) is 0.667. The zero-order chi connectivity index (χ0) is 75.8. The maximum absolute atomic E-state index is 9.89. The van der Waals surface area contributed by atoms with Crippen molar-refractivity contribution in [3.63, 3.8) is 0 Å². The van der Waals surface area contributed by atoms with Crippen LogP contribution < -0.4 is 78.1 Å². The third-order valence-corrected chi connectivity index (χ3v) is 18.4. The molecule has 0 radical (unpaired) electrons. The minimum Gasteiger partial charge on any atom is -0.867 e. The molecule has 104 heavy (non-hydrogen) atoms. The van der Waals surface area contributed by atoms with Gasteiger partial charge in [-0.2, -0.15) is 0 Å². The van der Waals surface area contributed by atoms with E-state index in [1.165, 1.54) is 245 Å². The molecule has 8 heterocycles. The Hall–Kier alpha value is -6.66. The lowest BCUT2D eigenvalue weighted by Gasteiger charge is -2.09. The van der Waals surface area contributed by atoms with Crippen LogP contribution in [0.2, 0.25) is 0 Å². The number of rotatable bonds is 8. The first-order chi connectivity index (χ1) is 50.1. The fourth-order valence-electron chi connectivity index (χ4n) is 13.1. The summed E-state index contributed by atoms with van der Waals surface area (Å²) in [4.78, 5) is 0. The normalized spacial score (nSPS) is 15.0. The topological polar surface area (TPSA) is 321 Å². The van der Waals surface area contributed by atoms with E-state index in [2.05, 4.69) is 105 Å². The third kappa shape index (κ3) is 32.6. The standard InChI is InChI=1S/8C9H14NO.4BFO2/c8*1-2-10-7-8-5-3-4-6-9(8)11-10;4*2-1(3)4/h8*7H,2-6H2,1H3;;;;/q8*+1;4*-2. The first-order valence-electron chi connectivity index (χ1n) is 38.1. The average Bonchev–Trinajstić information content (AvgIpc) is 1.78. The van der Waals surface area contributed by atoms with Gasteiger partial charge in [-0.25, -0.2) is 36.2 Å². The van der Waals surface area contributed by atoms with Crippen molar-refractivity contribution in [2.45, 2.75) is 313 Å². The second-order valence-electron chi connectivity index (χ2n) is 26.0. The van der Waals surface area contributed by atoms with E-state index in [1.807, 2.05) is 37.9 Å². The van der Waals surface area contributed by atoms with Crippen molar-refractivity contribution in [3.8, 4) is 0 Å². The second kappa shape index (κ2) is 49.3. The van der Waals surface area contributed by atoms with E-state index in [9.17, 15) is 17.3 Å². The zero-order valence-corrected chi connectivity index (χ0v) is 62.8. The number of hydrogen-bond acceptors (Lipinski definition) is 16. The van der Waals surface area contributed by atoms with Crippen LogP contribution in [0.3, 0.4) is 0 Å². The molecular weight excluding hydrogens is 1350 g/mol. The molecule has 0 bridgehead atoms. The maximum atomic E-state index is 9.89. The Kier molecular flexibility index (Phi) is 41.7. The molecule has 16 rings (SSSR count). The van der Waals surface area contributed by atoms with Gasteiger partial charge in [0, 0.05) is 51.4 Å². The van der Waals surface area contributed by atoms with Gasteiger partial charge in [-0.3, -0.25) is 0 Å². The summed E-state index contributed by atoms with van der Waals surface area (Å²) in [5.41, 5.74) is 11.4. The summed E-state index contributed by atoms with van der Waals surface area (Å²) in [6.45, 7) is 24.5. The number of hydrogen-bond donors (Lipinski definition) is 0. The van der Waals surface area contributed by atoms with Crippen molar-refractivity contribution in [1.82, 2.24) is 0 Å². The summed E-state index contributed by atoms with van der Waals surface area (Å²) in [5.74, 6) is 9.76. The highest BCUT2D eigenvalue weighted by molar-refractivity contribution is 6.27. The van der Waals surface area contributed by atoms with Crippen LogP contribution in [0.15, 0.2) is 85.8 Å². The first-order valence-corrected chi connectivity index (χ1v) is 38.1. The molecule has 0 saturated carbocycles. The highest BCUT2D eigenvalue weighted by Gasteiger charge is 2.26. The van der Waals surface area contributed by atoms with Crippen molar-refractivity contribution >= 4 is 29.6 Å². The third-order valence-electron chi connectivity index (χ3n) is 18.4. The van der Waals surface area contributed by atoms with Gasteiger partial charge >= 0.3 is 0 Å². The van der Waals surface area contributed by atoms with E-state index in [0.717, 1.165) is 104 Å². The Balaban J connectivity index is 0.000000207. The van der Waals surface area contributed by atoms with Gasteiger partial charge in [-0.15, -0.1) is 0 Å². The van der Waals surface area contributed by atoms with Gasteiger partial charge in [-0.1, -0.05) is 0 Å². The zero-order valence-electron chi connectivity index (χ0n) is 62.8. The molecule has 0 spiro atoms. The van der Waals surface area contributed by atoms with Crippen molar-refractivity contribution < 1.29 is 132 Å². The molecule has 8 aliphatic rings. The number of halogens is 4. The van der Waals surface area contributed by atoms with Crippen molar-refractivity contribution in [2.75, 3.05) is 0 Å². The highest BCUT2D eigenvalue weighted by atomic mass is 19.1. The molecular formula is C72H112B4F4N8O16. The van der Waals surface area contributed by atoms with Gasteiger partial charge < -0.3 is 57.5 Å². The van der Waals surface area contributed by atoms with Crippen LogP contribution in [0.1, 0.15) is 249 Å². The summed E-state index contributed by atoms with van der Waals surface area (Å²) < 4.78 is 99.5. The smallest absolute Gasteiger partial charge is 0.223 e. The monoisotopic (exact) mass is 1460 g/mol. The molecule has 0 fully saturated rings. The Morgan fingerprint density at radius 3 is 0.375 bits per heavy atom. The summed E-state index contributed by atoms with van der Waals surface area (Å²) in [5, 5.41) is 66.4. The fourth-order valence-corrected chi connectivity index (χ4v) is 13.1. The van der Waals surface area contributed by atoms with Crippen molar-refractivity contribution in [1.29, 1.82) is 0 Å². The van der Waals surface area contributed by atoms with Gasteiger partial charge in [-0.05, 0) is 247 Å².